The van der Waals surface area contributed by atoms with Crippen LogP contribution < -0.4 is 0 Å². The molecular formula is C12H25N2+. The molecule has 1 aliphatic carbocycles. The van der Waals surface area contributed by atoms with Crippen molar-refractivity contribution in [3.05, 3.63) is 0 Å². The maximum absolute atomic E-state index is 2.49. The molecule has 1 heterocycles. The van der Waals surface area contributed by atoms with Crippen LogP contribution in [-0.2, 0) is 0 Å². The van der Waals surface area contributed by atoms with Gasteiger partial charge in [-0.15, -0.1) is 0 Å². The Morgan fingerprint density at radius 1 is 1.07 bits per heavy atom. The van der Waals surface area contributed by atoms with Crippen LogP contribution in [0.3, 0.4) is 0 Å². The molecule has 0 N–H and O–H groups in total. The molecule has 1 aliphatic heterocycles. The summed E-state index contributed by atoms with van der Waals surface area (Å²) in [5.41, 5.74) is 0. The van der Waals surface area contributed by atoms with E-state index in [-0.39, 0.29) is 0 Å². The molecule has 82 valence electrons. The van der Waals surface area contributed by atoms with Crippen LogP contribution in [0.2, 0.25) is 0 Å². The maximum atomic E-state index is 2.49. The summed E-state index contributed by atoms with van der Waals surface area (Å²) >= 11 is 0. The zero-order valence-electron chi connectivity index (χ0n) is 9.84. The highest BCUT2D eigenvalue weighted by Gasteiger charge is 2.37. The van der Waals surface area contributed by atoms with E-state index in [4.69, 9.17) is 0 Å². The van der Waals surface area contributed by atoms with Gasteiger partial charge < -0.3 is 4.48 Å². The molecule has 0 radical (unpaired) electrons. The second-order valence-electron chi connectivity index (χ2n) is 5.57. The Morgan fingerprint density at radius 3 is 2.21 bits per heavy atom. The first kappa shape index (κ1) is 10.4. The Kier molecular flexibility index (Phi) is 3.13. The van der Waals surface area contributed by atoms with Crippen molar-refractivity contribution in [3.63, 3.8) is 0 Å². The van der Waals surface area contributed by atoms with Crippen molar-refractivity contribution in [2.45, 2.75) is 44.6 Å². The van der Waals surface area contributed by atoms with Crippen LogP contribution >= 0.6 is 0 Å². The number of rotatable bonds is 1. The fraction of sp³-hybridized carbons (Fsp3) is 1.00. The third-order valence-corrected chi connectivity index (χ3v) is 4.26. The number of nitrogens with zero attached hydrogens (tertiary/aromatic N) is 2. The standard InChI is InChI=1S/C12H25N2/c1-13-9-10-14(2,11-13)12-7-5-3-4-6-8-12/h12H,3-11H2,1-2H3/q+1. The van der Waals surface area contributed by atoms with E-state index in [1.807, 2.05) is 0 Å². The lowest BCUT2D eigenvalue weighted by molar-refractivity contribution is -0.926. The largest absolute Gasteiger partial charge is 0.310 e. The van der Waals surface area contributed by atoms with Crippen molar-refractivity contribution in [3.8, 4) is 0 Å². The van der Waals surface area contributed by atoms with Gasteiger partial charge in [0.2, 0.25) is 0 Å². The second-order valence-corrected chi connectivity index (χ2v) is 5.57. The predicted molar refractivity (Wildman–Crippen MR) is 60.0 cm³/mol. The van der Waals surface area contributed by atoms with Crippen LogP contribution in [0.1, 0.15) is 38.5 Å². The van der Waals surface area contributed by atoms with E-state index in [9.17, 15) is 0 Å². The summed E-state index contributed by atoms with van der Waals surface area (Å²) in [6, 6.07) is 0.961. The average molecular weight is 197 g/mol. The first-order chi connectivity index (χ1) is 6.71. The van der Waals surface area contributed by atoms with E-state index in [1.54, 1.807) is 0 Å². The van der Waals surface area contributed by atoms with E-state index >= 15 is 0 Å². The lowest BCUT2D eigenvalue weighted by atomic mass is 10.1. The summed E-state index contributed by atoms with van der Waals surface area (Å²) in [4.78, 5) is 2.49. The van der Waals surface area contributed by atoms with Gasteiger partial charge in [0.25, 0.3) is 0 Å². The SMILES string of the molecule is CN1CC[N+](C)(C2CCCCCC2)C1. The van der Waals surface area contributed by atoms with Gasteiger partial charge in [-0.3, -0.25) is 4.90 Å². The molecule has 2 aliphatic rings. The quantitative estimate of drug-likeness (QED) is 0.459. The van der Waals surface area contributed by atoms with Crippen molar-refractivity contribution in [1.82, 2.24) is 4.90 Å². The molecule has 1 saturated carbocycles. The van der Waals surface area contributed by atoms with E-state index < -0.39 is 0 Å². The van der Waals surface area contributed by atoms with Crippen LogP contribution in [0.4, 0.5) is 0 Å². The highest BCUT2D eigenvalue weighted by molar-refractivity contribution is 4.68. The minimum atomic E-state index is 0.961. The second kappa shape index (κ2) is 4.19. The molecule has 2 nitrogen and oxygen atoms in total. The summed E-state index contributed by atoms with van der Waals surface area (Å²) in [6.45, 7) is 3.96. The molecule has 1 atom stereocenters. The number of likely N-dealkylation sites (N-methyl/N-ethyl adjacent to an activating group) is 2. The summed E-state index contributed by atoms with van der Waals surface area (Å²) in [7, 11) is 4.74. The Balaban J connectivity index is 1.97. The van der Waals surface area contributed by atoms with Crippen molar-refractivity contribution < 1.29 is 4.48 Å². The smallest absolute Gasteiger partial charge is 0.135 e. The fourth-order valence-corrected chi connectivity index (χ4v) is 3.27. The lowest BCUT2D eigenvalue weighted by Crippen LogP contribution is -2.51. The normalized spacial score (nSPS) is 37.3. The molecule has 0 aromatic rings. The van der Waals surface area contributed by atoms with Gasteiger partial charge >= 0.3 is 0 Å². The Bertz CT molecular complexity index is 185. The van der Waals surface area contributed by atoms with E-state index in [2.05, 4.69) is 19.0 Å². The Hall–Kier alpha value is -0.0800. The first-order valence-electron chi connectivity index (χ1n) is 6.23. The molecular weight excluding hydrogens is 172 g/mol. The highest BCUT2D eigenvalue weighted by Crippen LogP contribution is 2.28. The van der Waals surface area contributed by atoms with Crippen LogP contribution in [0, 0.1) is 0 Å². The first-order valence-corrected chi connectivity index (χ1v) is 6.23. The molecule has 0 aromatic carbocycles. The molecule has 2 rings (SSSR count). The van der Waals surface area contributed by atoms with E-state index in [0.29, 0.717) is 0 Å². The number of hydrogen-bond donors (Lipinski definition) is 0. The summed E-state index contributed by atoms with van der Waals surface area (Å²) in [5, 5.41) is 0. The molecule has 0 aromatic heterocycles. The molecule has 2 fully saturated rings. The minimum Gasteiger partial charge on any atom is -0.310 e. The zero-order chi connectivity index (χ0) is 10.0. The molecule has 14 heavy (non-hydrogen) atoms. The molecule has 0 amide bonds. The molecule has 1 unspecified atom stereocenters. The van der Waals surface area contributed by atoms with Gasteiger partial charge in [-0.2, -0.15) is 0 Å². The third kappa shape index (κ3) is 2.12. The van der Waals surface area contributed by atoms with Gasteiger partial charge in [0.15, 0.2) is 0 Å². The van der Waals surface area contributed by atoms with E-state index in [0.717, 1.165) is 6.04 Å². The lowest BCUT2D eigenvalue weighted by Gasteiger charge is -2.37. The van der Waals surface area contributed by atoms with Crippen molar-refractivity contribution in [1.29, 1.82) is 0 Å². The van der Waals surface area contributed by atoms with Gasteiger partial charge in [-0.05, 0) is 32.7 Å². The Labute approximate surface area is 88.5 Å². The molecule has 0 spiro atoms. The fourth-order valence-electron chi connectivity index (χ4n) is 3.27. The zero-order valence-corrected chi connectivity index (χ0v) is 9.84. The number of quaternary nitrogens is 1. The van der Waals surface area contributed by atoms with Crippen LogP contribution in [0.15, 0.2) is 0 Å². The maximum Gasteiger partial charge on any atom is 0.135 e. The summed E-state index contributed by atoms with van der Waals surface area (Å²) in [5.74, 6) is 0. The van der Waals surface area contributed by atoms with Crippen molar-refractivity contribution >= 4 is 0 Å². The molecule has 1 saturated heterocycles. The van der Waals surface area contributed by atoms with Gasteiger partial charge in [0, 0.05) is 0 Å². The van der Waals surface area contributed by atoms with Crippen molar-refractivity contribution in [2.24, 2.45) is 0 Å². The van der Waals surface area contributed by atoms with Crippen molar-refractivity contribution in [2.75, 3.05) is 33.9 Å². The van der Waals surface area contributed by atoms with Crippen LogP contribution in [0.25, 0.3) is 0 Å². The summed E-state index contributed by atoms with van der Waals surface area (Å²) in [6.07, 6.45) is 8.86. The topological polar surface area (TPSA) is 3.24 Å². The third-order valence-electron chi connectivity index (χ3n) is 4.26. The van der Waals surface area contributed by atoms with Crippen LogP contribution in [-0.4, -0.2) is 49.3 Å². The highest BCUT2D eigenvalue weighted by atomic mass is 15.5. The van der Waals surface area contributed by atoms with Gasteiger partial charge in [-0.1, -0.05) is 12.8 Å². The predicted octanol–water partition coefficient (Wildman–Crippen LogP) is 2.06. The minimum absolute atomic E-state index is 0.961. The van der Waals surface area contributed by atoms with Gasteiger partial charge in [0.05, 0.1) is 26.2 Å². The number of hydrogen-bond acceptors (Lipinski definition) is 1. The molecule has 0 bridgehead atoms. The van der Waals surface area contributed by atoms with E-state index in [1.165, 1.54) is 62.8 Å². The Morgan fingerprint density at radius 2 is 1.71 bits per heavy atom. The summed E-state index contributed by atoms with van der Waals surface area (Å²) < 4.78 is 1.33. The average Bonchev–Trinajstić information content (AvgIpc) is 2.45. The monoisotopic (exact) mass is 197 g/mol. The van der Waals surface area contributed by atoms with Gasteiger partial charge in [0.1, 0.15) is 6.67 Å². The molecule has 2 heteroatoms. The van der Waals surface area contributed by atoms with Crippen LogP contribution in [0.5, 0.6) is 0 Å². The van der Waals surface area contributed by atoms with Gasteiger partial charge in [-0.25, -0.2) is 0 Å².